The van der Waals surface area contributed by atoms with E-state index < -0.39 is 5.41 Å². The number of morpholine rings is 1. The van der Waals surface area contributed by atoms with Gasteiger partial charge in [-0.1, -0.05) is 24.3 Å². The Labute approximate surface area is 215 Å². The molecule has 0 radical (unpaired) electrons. The lowest BCUT2D eigenvalue weighted by atomic mass is 9.94. The van der Waals surface area contributed by atoms with E-state index in [4.69, 9.17) is 14.2 Å². The van der Waals surface area contributed by atoms with Gasteiger partial charge in [-0.3, -0.25) is 4.79 Å². The summed E-state index contributed by atoms with van der Waals surface area (Å²) in [7, 11) is 0. The predicted octanol–water partition coefficient (Wildman–Crippen LogP) is 4.93. The molecule has 0 spiro atoms. The highest BCUT2D eigenvalue weighted by Crippen LogP contribution is 2.51. The van der Waals surface area contributed by atoms with Crippen molar-refractivity contribution in [1.82, 2.24) is 4.90 Å². The molecule has 8 heteroatoms. The van der Waals surface area contributed by atoms with Crippen LogP contribution in [0.1, 0.15) is 24.0 Å². The monoisotopic (exact) mass is 499 g/mol. The number of nitrogens with one attached hydrogen (secondary N) is 2. The van der Waals surface area contributed by atoms with E-state index in [1.54, 1.807) is 4.90 Å². The Morgan fingerprint density at radius 1 is 0.838 bits per heavy atom. The largest absolute Gasteiger partial charge is 0.454 e. The number of carbonyl (C=O) groups excluding carboxylic acids is 2. The molecule has 3 aromatic carbocycles. The van der Waals surface area contributed by atoms with Crippen LogP contribution in [0.2, 0.25) is 0 Å². The van der Waals surface area contributed by atoms with Gasteiger partial charge in [0.15, 0.2) is 11.5 Å². The lowest BCUT2D eigenvalue weighted by molar-refractivity contribution is -0.118. The minimum absolute atomic E-state index is 0.0117. The Morgan fingerprint density at radius 3 is 2.32 bits per heavy atom. The minimum Gasteiger partial charge on any atom is -0.454 e. The summed E-state index contributed by atoms with van der Waals surface area (Å²) in [5.41, 5.74) is 5.04. The van der Waals surface area contributed by atoms with E-state index in [-0.39, 0.29) is 18.7 Å². The molecule has 3 amide bonds. The first kappa shape index (κ1) is 23.4. The third-order valence-electron chi connectivity index (χ3n) is 7.35. The zero-order valence-corrected chi connectivity index (χ0v) is 20.7. The molecule has 8 nitrogen and oxygen atoms in total. The Bertz CT molecular complexity index is 1340. The molecule has 1 aliphatic carbocycles. The third kappa shape index (κ3) is 4.60. The summed E-state index contributed by atoms with van der Waals surface area (Å²) >= 11 is 0. The van der Waals surface area contributed by atoms with Crippen molar-refractivity contribution in [1.29, 1.82) is 0 Å². The number of nitrogens with zero attached hydrogens (tertiary/aromatic N) is 1. The molecule has 2 N–H and O–H groups in total. The van der Waals surface area contributed by atoms with Crippen LogP contribution in [0.15, 0.2) is 60.7 Å². The summed E-state index contributed by atoms with van der Waals surface area (Å²) in [6.45, 7) is 4.58. The normalized spacial score (nSPS) is 17.3. The summed E-state index contributed by atoms with van der Waals surface area (Å²) in [6.07, 6.45) is 1.60. The Balaban J connectivity index is 1.16. The number of urea groups is 1. The fourth-order valence-electron chi connectivity index (χ4n) is 4.93. The summed E-state index contributed by atoms with van der Waals surface area (Å²) in [6, 6.07) is 19.4. The molecule has 2 fully saturated rings. The van der Waals surface area contributed by atoms with Crippen molar-refractivity contribution in [2.75, 3.05) is 43.7 Å². The lowest BCUT2D eigenvalue weighted by Crippen LogP contribution is -2.43. The topological polar surface area (TPSA) is 89.1 Å². The number of aryl methyl sites for hydroxylation is 1. The second-order valence-electron chi connectivity index (χ2n) is 9.74. The molecule has 0 atom stereocenters. The van der Waals surface area contributed by atoms with Crippen LogP contribution in [0.3, 0.4) is 0 Å². The van der Waals surface area contributed by atoms with Gasteiger partial charge in [0.2, 0.25) is 12.7 Å². The molecule has 2 aliphatic heterocycles. The molecule has 37 heavy (non-hydrogen) atoms. The molecule has 0 bridgehead atoms. The number of fused-ring (bicyclic) bond motifs is 1. The van der Waals surface area contributed by atoms with E-state index in [1.807, 2.05) is 67.6 Å². The average molecular weight is 500 g/mol. The highest BCUT2D eigenvalue weighted by atomic mass is 16.7. The van der Waals surface area contributed by atoms with Gasteiger partial charge in [-0.25, -0.2) is 4.79 Å². The fraction of sp³-hybridized carbons (Fsp3) is 0.310. The van der Waals surface area contributed by atoms with Crippen LogP contribution >= 0.6 is 0 Å². The van der Waals surface area contributed by atoms with Crippen molar-refractivity contribution in [3.63, 3.8) is 0 Å². The maximum absolute atomic E-state index is 13.4. The van der Waals surface area contributed by atoms with Crippen molar-refractivity contribution >= 4 is 23.3 Å². The van der Waals surface area contributed by atoms with E-state index >= 15 is 0 Å². The van der Waals surface area contributed by atoms with Crippen LogP contribution in [0, 0.1) is 6.92 Å². The van der Waals surface area contributed by atoms with Gasteiger partial charge in [-0.2, -0.15) is 0 Å². The molecule has 6 rings (SSSR count). The van der Waals surface area contributed by atoms with Crippen LogP contribution in [0.25, 0.3) is 11.1 Å². The van der Waals surface area contributed by atoms with Gasteiger partial charge in [-0.15, -0.1) is 0 Å². The molecule has 3 aromatic rings. The van der Waals surface area contributed by atoms with Crippen molar-refractivity contribution in [2.45, 2.75) is 25.2 Å². The second kappa shape index (κ2) is 9.44. The van der Waals surface area contributed by atoms with Gasteiger partial charge in [0.1, 0.15) is 0 Å². The van der Waals surface area contributed by atoms with E-state index in [1.165, 1.54) is 0 Å². The van der Waals surface area contributed by atoms with Gasteiger partial charge in [0, 0.05) is 24.5 Å². The van der Waals surface area contributed by atoms with Gasteiger partial charge in [-0.05, 0) is 78.4 Å². The molecule has 3 aliphatic rings. The molecular weight excluding hydrogens is 470 g/mol. The number of hydrogen-bond donors (Lipinski definition) is 2. The van der Waals surface area contributed by atoms with Crippen molar-refractivity contribution < 1.29 is 23.8 Å². The molecule has 190 valence electrons. The fourth-order valence-corrected chi connectivity index (χ4v) is 4.93. The second-order valence-corrected chi connectivity index (χ2v) is 9.74. The van der Waals surface area contributed by atoms with Crippen molar-refractivity contribution in [3.05, 3.63) is 71.8 Å². The maximum Gasteiger partial charge on any atom is 0.321 e. The highest BCUT2D eigenvalue weighted by Gasteiger charge is 2.51. The first-order valence-corrected chi connectivity index (χ1v) is 12.6. The van der Waals surface area contributed by atoms with Crippen molar-refractivity contribution in [2.24, 2.45) is 0 Å². The third-order valence-corrected chi connectivity index (χ3v) is 7.35. The predicted molar refractivity (Wildman–Crippen MR) is 140 cm³/mol. The van der Waals surface area contributed by atoms with E-state index in [0.717, 1.165) is 52.2 Å². The zero-order chi connectivity index (χ0) is 25.4. The van der Waals surface area contributed by atoms with Gasteiger partial charge >= 0.3 is 6.03 Å². The molecule has 1 saturated carbocycles. The molecule has 2 heterocycles. The number of amides is 3. The number of anilines is 2. The standard InChI is InChI=1S/C29H29N3O5/c1-19-2-6-23(30-27(33)29(10-11-29)21-5-9-25-26(16-21)37-18-36-25)17-24(19)20-3-7-22(8-4-20)31-28(34)32-12-14-35-15-13-32/h2-9,16-17H,10-15,18H2,1H3,(H,30,33)(H,31,34). The first-order valence-electron chi connectivity index (χ1n) is 12.6. The van der Waals surface area contributed by atoms with Crippen LogP contribution in [-0.4, -0.2) is 49.9 Å². The molecule has 1 saturated heterocycles. The van der Waals surface area contributed by atoms with Crippen LogP contribution in [0.4, 0.5) is 16.2 Å². The minimum atomic E-state index is -0.535. The number of benzene rings is 3. The Morgan fingerprint density at radius 2 is 1.57 bits per heavy atom. The van der Waals surface area contributed by atoms with Crippen molar-refractivity contribution in [3.8, 4) is 22.6 Å². The number of hydrogen-bond acceptors (Lipinski definition) is 5. The number of ether oxygens (including phenoxy) is 3. The highest BCUT2D eigenvalue weighted by molar-refractivity contribution is 6.02. The maximum atomic E-state index is 13.4. The SMILES string of the molecule is Cc1ccc(NC(=O)C2(c3ccc4c(c3)OCO4)CC2)cc1-c1ccc(NC(=O)N2CCOCC2)cc1. The number of carbonyl (C=O) groups is 2. The Kier molecular flexibility index (Phi) is 5.96. The molecule has 0 unspecified atom stereocenters. The molecule has 0 aromatic heterocycles. The summed E-state index contributed by atoms with van der Waals surface area (Å²) < 4.78 is 16.2. The first-order chi connectivity index (χ1) is 18.0. The summed E-state index contributed by atoms with van der Waals surface area (Å²) in [5.74, 6) is 1.40. The van der Waals surface area contributed by atoms with E-state index in [9.17, 15) is 9.59 Å². The van der Waals surface area contributed by atoms with E-state index in [2.05, 4.69) is 10.6 Å². The molecular formula is C29H29N3O5. The smallest absolute Gasteiger partial charge is 0.321 e. The van der Waals surface area contributed by atoms with Gasteiger partial charge in [0.25, 0.3) is 0 Å². The van der Waals surface area contributed by atoms with Gasteiger partial charge < -0.3 is 29.7 Å². The van der Waals surface area contributed by atoms with Crippen LogP contribution < -0.4 is 20.1 Å². The summed E-state index contributed by atoms with van der Waals surface area (Å²) in [4.78, 5) is 27.6. The van der Waals surface area contributed by atoms with Gasteiger partial charge in [0.05, 0.1) is 18.6 Å². The van der Waals surface area contributed by atoms with Crippen LogP contribution in [0.5, 0.6) is 11.5 Å². The summed E-state index contributed by atoms with van der Waals surface area (Å²) in [5, 5.41) is 6.09. The quantitative estimate of drug-likeness (QED) is 0.520. The zero-order valence-electron chi connectivity index (χ0n) is 20.7. The average Bonchev–Trinajstić information content (AvgIpc) is 3.61. The Hall–Kier alpha value is -4.04. The number of rotatable bonds is 5. The van der Waals surface area contributed by atoms with E-state index in [0.29, 0.717) is 32.1 Å². The lowest BCUT2D eigenvalue weighted by Gasteiger charge is -2.26. The van der Waals surface area contributed by atoms with Crippen LogP contribution in [-0.2, 0) is 14.9 Å².